The van der Waals surface area contributed by atoms with Crippen molar-refractivity contribution in [2.24, 2.45) is 0 Å². The van der Waals surface area contributed by atoms with Crippen LogP contribution in [0.4, 0.5) is 13.2 Å². The molecule has 4 atom stereocenters. The van der Waals surface area contributed by atoms with E-state index in [0.29, 0.717) is 5.56 Å². The standard InChI is InChI=1S/C28H28F3NO7S/c29-28(30,31)40(34,35)39-26-25(38-18-22-14-8-3-9-15-22)24(37-17-21-12-6-2-7-13-21)23(32-27(26)33)19-36-16-20-10-4-1-5-11-20/h1-15,23-26H,16-19H2,(H,32,33)/t23-,24-,25+,26+/m1/s1. The fraction of sp³-hybridized carbons (Fsp3) is 0.321. The normalized spacial score (nSPS) is 21.6. The van der Waals surface area contributed by atoms with Gasteiger partial charge in [-0.1, -0.05) is 91.0 Å². The van der Waals surface area contributed by atoms with Crippen molar-refractivity contribution in [2.45, 2.75) is 49.7 Å². The number of amides is 1. The van der Waals surface area contributed by atoms with Gasteiger partial charge in [0.15, 0.2) is 6.10 Å². The van der Waals surface area contributed by atoms with Crippen molar-refractivity contribution < 1.29 is 44.8 Å². The van der Waals surface area contributed by atoms with E-state index in [1.165, 1.54) is 0 Å². The Morgan fingerprint density at radius 1 is 0.700 bits per heavy atom. The van der Waals surface area contributed by atoms with Gasteiger partial charge in [-0.25, -0.2) is 4.18 Å². The summed E-state index contributed by atoms with van der Waals surface area (Å²) >= 11 is 0. The third kappa shape index (κ3) is 7.89. The zero-order valence-electron chi connectivity index (χ0n) is 21.2. The molecule has 0 radical (unpaired) electrons. The second-order valence-corrected chi connectivity index (χ2v) is 10.6. The quantitative estimate of drug-likeness (QED) is 0.255. The second-order valence-electron chi connectivity index (χ2n) is 9.05. The highest BCUT2D eigenvalue weighted by atomic mass is 32.2. The van der Waals surface area contributed by atoms with Crippen molar-refractivity contribution in [3.8, 4) is 0 Å². The van der Waals surface area contributed by atoms with E-state index < -0.39 is 45.9 Å². The molecule has 0 aromatic heterocycles. The van der Waals surface area contributed by atoms with Crippen LogP contribution in [0.5, 0.6) is 0 Å². The van der Waals surface area contributed by atoms with Gasteiger partial charge in [-0.3, -0.25) is 4.79 Å². The van der Waals surface area contributed by atoms with Crippen LogP contribution in [0.15, 0.2) is 91.0 Å². The van der Waals surface area contributed by atoms with Crippen LogP contribution in [-0.2, 0) is 53.1 Å². The van der Waals surface area contributed by atoms with Crippen LogP contribution < -0.4 is 5.32 Å². The van der Waals surface area contributed by atoms with Crippen molar-refractivity contribution in [1.82, 2.24) is 5.32 Å². The highest BCUT2D eigenvalue weighted by Crippen LogP contribution is 2.30. The van der Waals surface area contributed by atoms with E-state index in [9.17, 15) is 26.4 Å². The van der Waals surface area contributed by atoms with Gasteiger partial charge in [-0.15, -0.1) is 0 Å². The van der Waals surface area contributed by atoms with Crippen LogP contribution in [0.3, 0.4) is 0 Å². The SMILES string of the molecule is O=C1N[C@H](COCc2ccccc2)[C@@H](OCc2ccccc2)[C@H](OCc2ccccc2)[C@@H]1OS(=O)(=O)C(F)(F)F. The molecule has 0 aliphatic carbocycles. The summed E-state index contributed by atoms with van der Waals surface area (Å²) in [5.41, 5.74) is -3.50. The molecule has 0 bridgehead atoms. The lowest BCUT2D eigenvalue weighted by molar-refractivity contribution is -0.177. The van der Waals surface area contributed by atoms with E-state index in [2.05, 4.69) is 9.50 Å². The minimum Gasteiger partial charge on any atom is -0.375 e. The van der Waals surface area contributed by atoms with Gasteiger partial charge in [0.2, 0.25) is 0 Å². The van der Waals surface area contributed by atoms with E-state index in [4.69, 9.17) is 14.2 Å². The Hall–Kier alpha value is -3.29. The molecule has 40 heavy (non-hydrogen) atoms. The molecule has 214 valence electrons. The maximum Gasteiger partial charge on any atom is 0.523 e. The number of alkyl halides is 3. The van der Waals surface area contributed by atoms with Gasteiger partial charge in [0.25, 0.3) is 5.91 Å². The summed E-state index contributed by atoms with van der Waals surface area (Å²) in [6.45, 7) is -0.0471. The van der Waals surface area contributed by atoms with E-state index in [0.717, 1.165) is 11.1 Å². The van der Waals surface area contributed by atoms with Crippen LogP contribution >= 0.6 is 0 Å². The third-order valence-electron chi connectivity index (χ3n) is 6.10. The topological polar surface area (TPSA) is 100 Å². The van der Waals surface area contributed by atoms with Crippen molar-refractivity contribution in [3.05, 3.63) is 108 Å². The molecule has 12 heteroatoms. The summed E-state index contributed by atoms with van der Waals surface area (Å²) < 4.78 is 85.8. The van der Waals surface area contributed by atoms with Crippen LogP contribution in [-0.4, -0.2) is 50.8 Å². The number of carbonyl (C=O) groups excluding carboxylic acids is 1. The highest BCUT2D eigenvalue weighted by molar-refractivity contribution is 7.87. The summed E-state index contributed by atoms with van der Waals surface area (Å²) in [5.74, 6) is -1.10. The first-order valence-electron chi connectivity index (χ1n) is 12.4. The first-order valence-corrected chi connectivity index (χ1v) is 13.8. The Bertz CT molecular complexity index is 1330. The van der Waals surface area contributed by atoms with Gasteiger partial charge >= 0.3 is 15.6 Å². The predicted molar refractivity (Wildman–Crippen MR) is 138 cm³/mol. The van der Waals surface area contributed by atoms with Gasteiger partial charge in [0.05, 0.1) is 32.5 Å². The monoisotopic (exact) mass is 579 g/mol. The van der Waals surface area contributed by atoms with Crippen molar-refractivity contribution in [1.29, 1.82) is 0 Å². The Morgan fingerprint density at radius 2 is 1.15 bits per heavy atom. The summed E-state index contributed by atoms with van der Waals surface area (Å²) in [7, 11) is -6.13. The van der Waals surface area contributed by atoms with Gasteiger partial charge in [0, 0.05) is 0 Å². The largest absolute Gasteiger partial charge is 0.523 e. The van der Waals surface area contributed by atoms with Gasteiger partial charge < -0.3 is 19.5 Å². The average Bonchev–Trinajstić information content (AvgIpc) is 2.94. The summed E-state index contributed by atoms with van der Waals surface area (Å²) in [4.78, 5) is 13.0. The molecule has 1 amide bonds. The molecule has 1 heterocycles. The Balaban J connectivity index is 1.61. The maximum absolute atomic E-state index is 13.2. The molecule has 1 saturated heterocycles. The number of nitrogens with one attached hydrogen (secondary N) is 1. The lowest BCUT2D eigenvalue weighted by Crippen LogP contribution is -2.66. The summed E-state index contributed by atoms with van der Waals surface area (Å²) in [6, 6.07) is 25.9. The van der Waals surface area contributed by atoms with Crippen LogP contribution in [0.1, 0.15) is 16.7 Å². The summed E-state index contributed by atoms with van der Waals surface area (Å²) in [5, 5.41) is 2.52. The van der Waals surface area contributed by atoms with E-state index >= 15 is 0 Å². The Kier molecular flexibility index (Phi) is 9.93. The van der Waals surface area contributed by atoms with Crippen molar-refractivity contribution >= 4 is 16.0 Å². The molecule has 0 unspecified atom stereocenters. The van der Waals surface area contributed by atoms with Gasteiger partial charge in [0.1, 0.15) is 12.2 Å². The fourth-order valence-electron chi connectivity index (χ4n) is 4.13. The molecule has 8 nitrogen and oxygen atoms in total. The lowest BCUT2D eigenvalue weighted by Gasteiger charge is -2.41. The van der Waals surface area contributed by atoms with Gasteiger partial charge in [-0.2, -0.15) is 21.6 Å². The van der Waals surface area contributed by atoms with E-state index in [-0.39, 0.29) is 26.4 Å². The Labute approximate surface area is 230 Å². The van der Waals surface area contributed by atoms with Crippen LogP contribution in [0.2, 0.25) is 0 Å². The first-order chi connectivity index (χ1) is 19.1. The van der Waals surface area contributed by atoms with Crippen LogP contribution in [0.25, 0.3) is 0 Å². The zero-order valence-corrected chi connectivity index (χ0v) is 22.0. The number of carbonyl (C=O) groups is 1. The lowest BCUT2D eigenvalue weighted by atomic mass is 9.95. The van der Waals surface area contributed by atoms with Crippen molar-refractivity contribution in [2.75, 3.05) is 6.61 Å². The number of hydrogen-bond acceptors (Lipinski definition) is 7. The number of hydrogen-bond donors (Lipinski definition) is 1. The minimum atomic E-state index is -6.13. The molecule has 1 fully saturated rings. The molecular weight excluding hydrogens is 551 g/mol. The van der Waals surface area contributed by atoms with Crippen molar-refractivity contribution in [3.63, 3.8) is 0 Å². The predicted octanol–water partition coefficient (Wildman–Crippen LogP) is 4.11. The summed E-state index contributed by atoms with van der Waals surface area (Å²) in [6.07, 6.45) is -4.83. The molecule has 4 rings (SSSR count). The molecule has 1 N–H and O–H groups in total. The smallest absolute Gasteiger partial charge is 0.375 e. The molecule has 3 aromatic carbocycles. The minimum absolute atomic E-state index is 0.000496. The molecule has 3 aromatic rings. The van der Waals surface area contributed by atoms with Crippen LogP contribution in [0, 0.1) is 0 Å². The number of benzene rings is 3. The first kappa shape index (κ1) is 29.7. The third-order valence-corrected chi connectivity index (χ3v) is 7.13. The zero-order chi connectivity index (χ0) is 28.6. The fourth-order valence-corrected chi connectivity index (χ4v) is 4.71. The van der Waals surface area contributed by atoms with E-state index in [1.54, 1.807) is 54.6 Å². The molecule has 0 saturated carbocycles. The molecule has 0 spiro atoms. The van der Waals surface area contributed by atoms with Gasteiger partial charge in [-0.05, 0) is 16.7 Å². The number of piperidine rings is 1. The Morgan fingerprint density at radius 3 is 1.62 bits per heavy atom. The molecule has 1 aliphatic rings. The average molecular weight is 580 g/mol. The highest BCUT2D eigenvalue weighted by Gasteiger charge is 2.54. The molecule has 1 aliphatic heterocycles. The van der Waals surface area contributed by atoms with E-state index in [1.807, 2.05) is 36.4 Å². The number of rotatable bonds is 12. The second kappa shape index (κ2) is 13.4. The molecular formula is C28H28F3NO7S. The number of halogens is 3. The number of ether oxygens (including phenoxy) is 3. The maximum atomic E-state index is 13.2.